The first-order valence-electron chi connectivity index (χ1n) is 5.24. The van der Waals surface area contributed by atoms with Crippen molar-refractivity contribution >= 4 is 21.9 Å². The zero-order valence-corrected chi connectivity index (χ0v) is 11.2. The summed E-state index contributed by atoms with van der Waals surface area (Å²) >= 11 is 0. The van der Waals surface area contributed by atoms with Crippen molar-refractivity contribution in [2.24, 2.45) is 0 Å². The van der Waals surface area contributed by atoms with Crippen LogP contribution in [0.1, 0.15) is 31.1 Å². The van der Waals surface area contributed by atoms with Crippen LogP contribution in [0.2, 0.25) is 0 Å². The smallest absolute Gasteiger partial charge is 0.335 e. The molecule has 0 atom stereocenters. The number of anilines is 1. The van der Waals surface area contributed by atoms with Crippen LogP contribution in [0.5, 0.6) is 0 Å². The Balaban J connectivity index is 2.82. The van der Waals surface area contributed by atoms with E-state index in [0.717, 1.165) is 0 Å². The summed E-state index contributed by atoms with van der Waals surface area (Å²) in [6.45, 7) is 5.17. The Labute approximate surface area is 106 Å². The number of aromatic carboxylic acids is 1. The van der Waals surface area contributed by atoms with Gasteiger partial charge in [-0.25, -0.2) is 4.79 Å². The summed E-state index contributed by atoms with van der Waals surface area (Å²) in [6, 6.07) is 5.45. The van der Waals surface area contributed by atoms with Gasteiger partial charge in [0.05, 0.1) is 5.56 Å². The lowest BCUT2D eigenvalue weighted by Gasteiger charge is -2.20. The molecule has 0 fully saturated rings. The van der Waals surface area contributed by atoms with Crippen LogP contribution in [0.3, 0.4) is 0 Å². The number of rotatable bonds is 4. The molecule has 0 bridgehead atoms. The van der Waals surface area contributed by atoms with Crippen molar-refractivity contribution in [2.75, 3.05) is 4.72 Å². The highest BCUT2D eigenvalue weighted by atomic mass is 32.2. The zero-order valence-electron chi connectivity index (χ0n) is 10.4. The van der Waals surface area contributed by atoms with Gasteiger partial charge in [0.1, 0.15) is 0 Å². The molecular weight excluding hydrogens is 256 g/mol. The first kappa shape index (κ1) is 14.5. The summed E-state index contributed by atoms with van der Waals surface area (Å²) in [4.78, 5) is 10.6. The van der Waals surface area contributed by atoms with Crippen LogP contribution >= 0.6 is 0 Å². The Kier molecular flexibility index (Phi) is 3.98. The Bertz CT molecular complexity index is 529. The summed E-state index contributed by atoms with van der Waals surface area (Å²) in [7, 11) is -3.67. The van der Waals surface area contributed by atoms with Gasteiger partial charge in [0, 0.05) is 11.2 Å². The highest BCUT2D eigenvalue weighted by molar-refractivity contribution is 7.90. The van der Waals surface area contributed by atoms with E-state index in [4.69, 9.17) is 5.11 Å². The molecule has 7 heteroatoms. The fourth-order valence-electron chi connectivity index (χ4n) is 1.26. The molecular formula is C11H16N2O4S. The lowest BCUT2D eigenvalue weighted by atomic mass is 10.1. The van der Waals surface area contributed by atoms with Crippen molar-refractivity contribution in [1.82, 2.24) is 4.72 Å². The molecule has 1 aromatic rings. The fourth-order valence-corrected chi connectivity index (χ4v) is 2.57. The minimum absolute atomic E-state index is 0.0988. The molecule has 6 nitrogen and oxygen atoms in total. The van der Waals surface area contributed by atoms with Crippen LogP contribution < -0.4 is 9.44 Å². The van der Waals surface area contributed by atoms with Gasteiger partial charge in [0.2, 0.25) is 0 Å². The van der Waals surface area contributed by atoms with Gasteiger partial charge in [-0.15, -0.1) is 0 Å². The molecule has 0 amide bonds. The summed E-state index contributed by atoms with van der Waals surface area (Å²) < 4.78 is 28.1. The lowest BCUT2D eigenvalue weighted by molar-refractivity contribution is 0.0697. The second-order valence-corrected chi connectivity index (χ2v) is 6.26. The largest absolute Gasteiger partial charge is 0.478 e. The van der Waals surface area contributed by atoms with Gasteiger partial charge in [0.25, 0.3) is 10.2 Å². The van der Waals surface area contributed by atoms with E-state index in [0.29, 0.717) is 5.69 Å². The monoisotopic (exact) mass is 272 g/mol. The van der Waals surface area contributed by atoms with Gasteiger partial charge in [-0.05, 0) is 45.0 Å². The van der Waals surface area contributed by atoms with Crippen molar-refractivity contribution in [1.29, 1.82) is 0 Å². The highest BCUT2D eigenvalue weighted by Gasteiger charge is 2.19. The topological polar surface area (TPSA) is 95.5 Å². The Hall–Kier alpha value is -1.60. The molecule has 0 radical (unpaired) electrons. The summed E-state index contributed by atoms with van der Waals surface area (Å²) in [5.74, 6) is -1.06. The van der Waals surface area contributed by atoms with Gasteiger partial charge < -0.3 is 5.11 Å². The SMILES string of the molecule is CC(C)(C)NS(=O)(=O)Nc1ccc(C(=O)O)cc1. The van der Waals surface area contributed by atoms with Crippen LogP contribution in [0.4, 0.5) is 5.69 Å². The second-order valence-electron chi connectivity index (χ2n) is 4.84. The van der Waals surface area contributed by atoms with E-state index in [9.17, 15) is 13.2 Å². The number of benzene rings is 1. The van der Waals surface area contributed by atoms with Crippen LogP contribution in [0, 0.1) is 0 Å². The third-order valence-corrected chi connectivity index (χ3v) is 3.21. The number of nitrogens with one attached hydrogen (secondary N) is 2. The quantitative estimate of drug-likeness (QED) is 0.772. The third kappa shape index (κ3) is 4.72. The van der Waals surface area contributed by atoms with Crippen LogP contribution in [-0.2, 0) is 10.2 Å². The third-order valence-electron chi connectivity index (χ3n) is 1.82. The maximum atomic E-state index is 11.7. The van der Waals surface area contributed by atoms with E-state index in [1.54, 1.807) is 20.8 Å². The number of carboxylic acid groups (broad SMARTS) is 1. The molecule has 0 aliphatic heterocycles. The molecule has 0 saturated carbocycles. The number of hydrogen-bond acceptors (Lipinski definition) is 3. The molecule has 0 spiro atoms. The van der Waals surface area contributed by atoms with Gasteiger partial charge >= 0.3 is 5.97 Å². The molecule has 0 aliphatic rings. The molecule has 1 aromatic carbocycles. The molecule has 3 N–H and O–H groups in total. The minimum atomic E-state index is -3.67. The number of carboxylic acids is 1. The van der Waals surface area contributed by atoms with Crippen molar-refractivity contribution in [3.8, 4) is 0 Å². The van der Waals surface area contributed by atoms with E-state index >= 15 is 0 Å². The van der Waals surface area contributed by atoms with Gasteiger partial charge in [-0.3, -0.25) is 4.72 Å². The van der Waals surface area contributed by atoms with E-state index in [2.05, 4.69) is 9.44 Å². The fraction of sp³-hybridized carbons (Fsp3) is 0.364. The van der Waals surface area contributed by atoms with Crippen LogP contribution in [-0.4, -0.2) is 25.0 Å². The standard InChI is InChI=1S/C11H16N2O4S/c1-11(2,3)13-18(16,17)12-9-6-4-8(5-7-9)10(14)15/h4-7,12-13H,1-3H3,(H,14,15). The molecule has 0 unspecified atom stereocenters. The molecule has 0 aromatic heterocycles. The Morgan fingerprint density at radius 3 is 2.06 bits per heavy atom. The van der Waals surface area contributed by atoms with Crippen molar-refractivity contribution in [3.05, 3.63) is 29.8 Å². The molecule has 18 heavy (non-hydrogen) atoms. The zero-order chi connectivity index (χ0) is 14.0. The predicted octanol–water partition coefficient (Wildman–Crippen LogP) is 1.43. The Morgan fingerprint density at radius 1 is 1.17 bits per heavy atom. The molecule has 100 valence electrons. The second kappa shape index (κ2) is 4.95. The summed E-state index contributed by atoms with van der Waals surface area (Å²) in [5, 5.41) is 8.71. The summed E-state index contributed by atoms with van der Waals surface area (Å²) in [5.41, 5.74) is -0.189. The van der Waals surface area contributed by atoms with Gasteiger partial charge in [-0.1, -0.05) is 0 Å². The van der Waals surface area contributed by atoms with E-state index in [-0.39, 0.29) is 5.56 Å². The average Bonchev–Trinajstić information content (AvgIpc) is 2.13. The highest BCUT2D eigenvalue weighted by Crippen LogP contribution is 2.12. The van der Waals surface area contributed by atoms with Crippen molar-refractivity contribution < 1.29 is 18.3 Å². The minimum Gasteiger partial charge on any atom is -0.478 e. The molecule has 0 saturated heterocycles. The average molecular weight is 272 g/mol. The Morgan fingerprint density at radius 2 is 1.67 bits per heavy atom. The maximum Gasteiger partial charge on any atom is 0.335 e. The predicted molar refractivity (Wildman–Crippen MR) is 68.8 cm³/mol. The maximum absolute atomic E-state index is 11.7. The first-order valence-corrected chi connectivity index (χ1v) is 6.72. The van der Waals surface area contributed by atoms with Gasteiger partial charge in [-0.2, -0.15) is 13.1 Å². The number of carbonyl (C=O) groups is 1. The number of hydrogen-bond donors (Lipinski definition) is 3. The van der Waals surface area contributed by atoms with E-state index in [1.807, 2.05) is 0 Å². The van der Waals surface area contributed by atoms with Crippen LogP contribution in [0.25, 0.3) is 0 Å². The van der Waals surface area contributed by atoms with Crippen molar-refractivity contribution in [2.45, 2.75) is 26.3 Å². The first-order chi connectivity index (χ1) is 8.09. The summed E-state index contributed by atoms with van der Waals surface area (Å²) in [6.07, 6.45) is 0. The van der Waals surface area contributed by atoms with Crippen LogP contribution in [0.15, 0.2) is 24.3 Å². The van der Waals surface area contributed by atoms with Crippen molar-refractivity contribution in [3.63, 3.8) is 0 Å². The molecule has 0 aliphatic carbocycles. The lowest BCUT2D eigenvalue weighted by Crippen LogP contribution is -2.43. The molecule has 1 rings (SSSR count). The molecule has 0 heterocycles. The van der Waals surface area contributed by atoms with E-state index in [1.165, 1.54) is 24.3 Å². The van der Waals surface area contributed by atoms with Gasteiger partial charge in [0.15, 0.2) is 0 Å². The van der Waals surface area contributed by atoms with E-state index < -0.39 is 21.7 Å². The normalized spacial score (nSPS) is 12.2.